The number of hydrogen-bond donors (Lipinski definition) is 1. The van der Waals surface area contributed by atoms with Gasteiger partial charge in [-0.15, -0.1) is 5.10 Å². The quantitative estimate of drug-likeness (QED) is 0.237. The Morgan fingerprint density at radius 3 is 2.28 bits per heavy atom. The highest BCUT2D eigenvalue weighted by Gasteiger charge is 2.53. The summed E-state index contributed by atoms with van der Waals surface area (Å²) in [5.41, 5.74) is 8.00. The molecular formula is C33H32ClN5O11. The molecule has 1 unspecified atom stereocenters. The van der Waals surface area contributed by atoms with Gasteiger partial charge in [-0.25, -0.2) is 4.68 Å². The molecule has 0 radical (unpaired) electrons. The minimum absolute atomic E-state index is 0.0603. The molecule has 262 valence electrons. The van der Waals surface area contributed by atoms with Crippen molar-refractivity contribution in [2.45, 2.75) is 70.9 Å². The number of rotatable bonds is 10. The third kappa shape index (κ3) is 7.96. The highest BCUT2D eigenvalue weighted by atomic mass is 35.5. The van der Waals surface area contributed by atoms with Crippen LogP contribution in [0.3, 0.4) is 0 Å². The van der Waals surface area contributed by atoms with Gasteiger partial charge in [0.25, 0.3) is 0 Å². The number of carbonyl (C=O) groups excluding carboxylic acids is 4. The number of halogens is 1. The Labute approximate surface area is 290 Å². The maximum atomic E-state index is 12.2. The lowest BCUT2D eigenvalue weighted by Crippen LogP contribution is -2.60. The van der Waals surface area contributed by atoms with Crippen LogP contribution in [-0.2, 0) is 49.5 Å². The summed E-state index contributed by atoms with van der Waals surface area (Å²) in [5.74, 6) is -2.80. The van der Waals surface area contributed by atoms with E-state index in [0.717, 1.165) is 20.8 Å². The van der Waals surface area contributed by atoms with Gasteiger partial charge >= 0.3 is 23.9 Å². The number of fused-ring (bicyclic) bond motifs is 1. The van der Waals surface area contributed by atoms with Crippen LogP contribution in [0.15, 0.2) is 60.1 Å². The fourth-order valence-corrected chi connectivity index (χ4v) is 5.88. The fourth-order valence-electron chi connectivity index (χ4n) is 5.63. The van der Waals surface area contributed by atoms with E-state index in [9.17, 15) is 24.4 Å². The molecule has 17 heteroatoms. The number of nitriles is 1. The van der Waals surface area contributed by atoms with Gasteiger partial charge in [0.2, 0.25) is 5.88 Å². The average Bonchev–Trinajstić information content (AvgIpc) is 3.52. The number of esters is 4. The first-order valence-electron chi connectivity index (χ1n) is 15.2. The normalized spacial score (nSPS) is 22.6. The molecule has 6 atom stereocenters. The van der Waals surface area contributed by atoms with Crippen LogP contribution in [0, 0.1) is 11.3 Å². The van der Waals surface area contributed by atoms with Gasteiger partial charge in [-0.3, -0.25) is 19.2 Å². The van der Waals surface area contributed by atoms with Crippen molar-refractivity contribution in [3.63, 3.8) is 0 Å². The van der Waals surface area contributed by atoms with E-state index >= 15 is 0 Å². The largest absolute Gasteiger partial charge is 0.487 e. The molecule has 2 aliphatic rings. The molecular weight excluding hydrogens is 678 g/mol. The Hall–Kier alpha value is -5.66. The van der Waals surface area contributed by atoms with Crippen molar-refractivity contribution < 1.29 is 52.3 Å². The molecule has 3 aromatic rings. The van der Waals surface area contributed by atoms with Gasteiger partial charge in [0.05, 0.1) is 12.1 Å². The molecule has 0 aliphatic carbocycles. The number of allylic oxidation sites excluding steroid dienone is 1. The fraction of sp³-hybridized carbons (Fsp3) is 0.364. The van der Waals surface area contributed by atoms with Crippen molar-refractivity contribution in [2.24, 2.45) is 5.73 Å². The van der Waals surface area contributed by atoms with E-state index in [1.165, 1.54) is 17.8 Å². The smallest absolute Gasteiger partial charge is 0.303 e. The Morgan fingerprint density at radius 1 is 0.940 bits per heavy atom. The number of nitrogens with zero attached hydrogens (tertiary/aromatic N) is 4. The minimum atomic E-state index is -1.38. The lowest BCUT2D eigenvalue weighted by atomic mass is 9.83. The van der Waals surface area contributed by atoms with Crippen LogP contribution >= 0.6 is 11.6 Å². The standard InChI is InChI=1S/C33H32ClN5O11/c1-16(40)44-15-27-29(46-17(2)41)30(47-18(3)42)31(48-19(4)43)33(50-27)39-13-20(37-38-39)14-45-21-9-10-23-26(11-21)49-32(36)24(12-35)28(23)22-7-5-6-8-25(22)34/h5-11,13,27-31,33H,14-15,36H2,1-4H3/t27-,28?,29-,30+,31-,33-/m1/s1. The van der Waals surface area contributed by atoms with Crippen molar-refractivity contribution in [1.82, 2.24) is 15.0 Å². The Bertz CT molecular complexity index is 1870. The molecule has 1 aromatic heterocycles. The first-order chi connectivity index (χ1) is 23.9. The first-order valence-corrected chi connectivity index (χ1v) is 15.5. The van der Waals surface area contributed by atoms with Crippen molar-refractivity contribution in [3.05, 3.63) is 82.0 Å². The van der Waals surface area contributed by atoms with E-state index in [4.69, 9.17) is 50.5 Å². The summed E-state index contributed by atoms with van der Waals surface area (Å²) in [6.45, 7) is 4.07. The molecule has 2 aromatic carbocycles. The molecule has 1 fully saturated rings. The van der Waals surface area contributed by atoms with E-state index in [1.807, 2.05) is 12.1 Å². The van der Waals surface area contributed by atoms with Crippen LogP contribution in [0.25, 0.3) is 0 Å². The Morgan fingerprint density at radius 2 is 1.62 bits per heavy atom. The summed E-state index contributed by atoms with van der Waals surface area (Å²) < 4.78 is 40.6. The third-order valence-corrected chi connectivity index (χ3v) is 7.92. The number of hydrogen-bond acceptors (Lipinski definition) is 15. The summed E-state index contributed by atoms with van der Waals surface area (Å²) in [5, 5.41) is 18.6. The Kier molecular flexibility index (Phi) is 10.9. The van der Waals surface area contributed by atoms with E-state index in [0.29, 0.717) is 33.3 Å². The van der Waals surface area contributed by atoms with Crippen LogP contribution in [0.2, 0.25) is 5.02 Å². The topological polar surface area (TPSA) is 213 Å². The molecule has 0 spiro atoms. The van der Waals surface area contributed by atoms with E-state index < -0.39 is 67.0 Å². The van der Waals surface area contributed by atoms with Crippen molar-refractivity contribution in [3.8, 4) is 17.6 Å². The van der Waals surface area contributed by atoms with Gasteiger partial charge in [0.1, 0.15) is 48.2 Å². The summed E-state index contributed by atoms with van der Waals surface area (Å²) in [6, 6.07) is 14.3. The second-order valence-electron chi connectivity index (χ2n) is 11.2. The van der Waals surface area contributed by atoms with Crippen LogP contribution in [-0.4, -0.2) is 69.9 Å². The zero-order chi connectivity index (χ0) is 36.1. The monoisotopic (exact) mass is 709 g/mol. The van der Waals surface area contributed by atoms with Gasteiger partial charge in [0, 0.05) is 44.3 Å². The molecule has 0 amide bonds. The van der Waals surface area contributed by atoms with Crippen LogP contribution in [0.5, 0.6) is 11.5 Å². The number of nitrogens with two attached hydrogens (primary N) is 1. The van der Waals surface area contributed by atoms with Gasteiger partial charge < -0.3 is 38.9 Å². The second kappa shape index (κ2) is 15.3. The van der Waals surface area contributed by atoms with Crippen molar-refractivity contribution in [1.29, 1.82) is 5.26 Å². The zero-order valence-electron chi connectivity index (χ0n) is 27.2. The highest BCUT2D eigenvalue weighted by Crippen LogP contribution is 2.45. The lowest BCUT2D eigenvalue weighted by Gasteiger charge is -2.44. The van der Waals surface area contributed by atoms with Gasteiger partial charge in [-0.1, -0.05) is 41.1 Å². The van der Waals surface area contributed by atoms with Gasteiger partial charge in [0.15, 0.2) is 24.5 Å². The second-order valence-corrected chi connectivity index (χ2v) is 11.6. The SMILES string of the molecule is CC(=O)OC[C@H]1O[C@@H](n2cc(COc3ccc4c(c3)OC(N)=C(C#N)C4c3ccccc3Cl)nn2)[C@H](OC(C)=O)[C@@H](OC(C)=O)[C@@H]1OC(C)=O. The minimum Gasteiger partial charge on any atom is -0.487 e. The predicted octanol–water partition coefficient (Wildman–Crippen LogP) is 2.98. The van der Waals surface area contributed by atoms with Crippen LogP contribution < -0.4 is 15.2 Å². The Balaban J connectivity index is 1.39. The average molecular weight is 710 g/mol. The van der Waals surface area contributed by atoms with E-state index in [-0.39, 0.29) is 18.1 Å². The maximum absolute atomic E-state index is 12.2. The summed E-state index contributed by atoms with van der Waals surface area (Å²) in [7, 11) is 0. The molecule has 3 heterocycles. The van der Waals surface area contributed by atoms with Crippen LogP contribution in [0.4, 0.5) is 0 Å². The van der Waals surface area contributed by atoms with Crippen LogP contribution in [0.1, 0.15) is 56.7 Å². The number of aromatic nitrogens is 3. The molecule has 0 saturated carbocycles. The highest BCUT2D eigenvalue weighted by molar-refractivity contribution is 6.31. The molecule has 5 rings (SSSR count). The van der Waals surface area contributed by atoms with E-state index in [1.54, 1.807) is 30.3 Å². The van der Waals surface area contributed by atoms with E-state index in [2.05, 4.69) is 16.4 Å². The number of carbonyl (C=O) groups is 4. The third-order valence-electron chi connectivity index (χ3n) is 7.58. The molecule has 50 heavy (non-hydrogen) atoms. The molecule has 1 saturated heterocycles. The molecule has 2 aliphatic heterocycles. The zero-order valence-corrected chi connectivity index (χ0v) is 28.0. The van der Waals surface area contributed by atoms with Gasteiger partial charge in [-0.2, -0.15) is 5.26 Å². The summed E-state index contributed by atoms with van der Waals surface area (Å²) in [6.07, 6.45) is -5.06. The molecule has 0 bridgehead atoms. The maximum Gasteiger partial charge on any atom is 0.303 e. The van der Waals surface area contributed by atoms with Gasteiger partial charge in [-0.05, 0) is 17.7 Å². The number of benzene rings is 2. The summed E-state index contributed by atoms with van der Waals surface area (Å²) in [4.78, 5) is 48.0. The molecule has 16 nitrogen and oxygen atoms in total. The van der Waals surface area contributed by atoms with Crippen molar-refractivity contribution >= 4 is 35.5 Å². The van der Waals surface area contributed by atoms with Crippen molar-refractivity contribution in [2.75, 3.05) is 6.61 Å². The summed E-state index contributed by atoms with van der Waals surface area (Å²) >= 11 is 6.48. The number of ether oxygens (including phenoxy) is 7. The molecule has 2 N–H and O–H groups in total. The lowest BCUT2D eigenvalue weighted by molar-refractivity contribution is -0.270. The predicted molar refractivity (Wildman–Crippen MR) is 169 cm³/mol. The first kappa shape index (κ1) is 35.6.